The lowest BCUT2D eigenvalue weighted by Gasteiger charge is -2.32. The van der Waals surface area contributed by atoms with Gasteiger partial charge in [0, 0.05) is 18.3 Å². The number of para-hydroxylation sites is 1. The zero-order valence-electron chi connectivity index (χ0n) is 21.4. The summed E-state index contributed by atoms with van der Waals surface area (Å²) < 4.78 is 5.83. The molecule has 0 bridgehead atoms. The Labute approximate surface area is 234 Å². The van der Waals surface area contributed by atoms with Crippen molar-refractivity contribution in [3.05, 3.63) is 78.5 Å². The van der Waals surface area contributed by atoms with Crippen LogP contribution in [0.25, 0.3) is 10.2 Å². The molecule has 10 nitrogen and oxygen atoms in total. The lowest BCUT2D eigenvalue weighted by atomic mass is 9.90. The SMILES string of the molecule is C=CC(=O)NC1CCCC[C@H]1NC(=O)c1sc2nccc3c2c1NC(=O)N3c1ccc(Oc2ccccc2)cn1. The summed E-state index contributed by atoms with van der Waals surface area (Å²) in [6, 6.07) is 13.7. The minimum Gasteiger partial charge on any atom is -0.456 e. The van der Waals surface area contributed by atoms with Crippen LogP contribution in [0.1, 0.15) is 35.4 Å². The van der Waals surface area contributed by atoms with Crippen LogP contribution in [0.15, 0.2) is 73.6 Å². The van der Waals surface area contributed by atoms with E-state index in [9.17, 15) is 14.4 Å². The number of carbonyl (C=O) groups excluding carboxylic acids is 3. The van der Waals surface area contributed by atoms with Gasteiger partial charge in [-0.3, -0.25) is 9.59 Å². The molecule has 1 unspecified atom stereocenters. The smallest absolute Gasteiger partial charge is 0.332 e. The number of hydrogen-bond acceptors (Lipinski definition) is 7. The number of carbonyl (C=O) groups is 3. The van der Waals surface area contributed by atoms with Gasteiger partial charge in [0.15, 0.2) is 0 Å². The Hall–Kier alpha value is -4.77. The molecule has 0 spiro atoms. The number of rotatable bonds is 7. The van der Waals surface area contributed by atoms with Crippen LogP contribution in [-0.4, -0.2) is 39.9 Å². The predicted octanol–water partition coefficient (Wildman–Crippen LogP) is 5.51. The normalized spacial score (nSPS) is 18.1. The zero-order chi connectivity index (χ0) is 27.6. The van der Waals surface area contributed by atoms with Gasteiger partial charge in [-0.15, -0.1) is 11.3 Å². The molecule has 2 aliphatic rings. The number of anilines is 3. The van der Waals surface area contributed by atoms with E-state index in [0.717, 1.165) is 25.7 Å². The molecule has 3 aromatic heterocycles. The van der Waals surface area contributed by atoms with Crippen molar-refractivity contribution < 1.29 is 19.1 Å². The fourth-order valence-corrected chi connectivity index (χ4v) is 6.14. The van der Waals surface area contributed by atoms with Gasteiger partial charge in [-0.1, -0.05) is 37.6 Å². The van der Waals surface area contributed by atoms with Crippen molar-refractivity contribution in [2.45, 2.75) is 37.8 Å². The molecule has 1 saturated carbocycles. The Morgan fingerprint density at radius 3 is 2.52 bits per heavy atom. The summed E-state index contributed by atoms with van der Waals surface area (Å²) in [6.45, 7) is 3.52. The van der Waals surface area contributed by atoms with E-state index in [2.05, 4.69) is 32.5 Å². The van der Waals surface area contributed by atoms with Gasteiger partial charge in [0.25, 0.3) is 5.91 Å². The van der Waals surface area contributed by atoms with E-state index in [1.54, 1.807) is 30.6 Å². The third kappa shape index (κ3) is 4.87. The average Bonchev–Trinajstić information content (AvgIpc) is 3.35. The van der Waals surface area contributed by atoms with Gasteiger partial charge >= 0.3 is 6.03 Å². The first-order valence-electron chi connectivity index (χ1n) is 13.0. The molecular weight excluding hydrogens is 528 g/mol. The van der Waals surface area contributed by atoms with Crippen LogP contribution in [0.4, 0.5) is 22.0 Å². The second-order valence-electron chi connectivity index (χ2n) is 9.53. The molecule has 4 amide bonds. The van der Waals surface area contributed by atoms with E-state index < -0.39 is 6.03 Å². The molecule has 3 N–H and O–H groups in total. The molecule has 0 saturated heterocycles. The number of hydrogen-bond donors (Lipinski definition) is 3. The molecule has 40 heavy (non-hydrogen) atoms. The molecule has 1 aliphatic heterocycles. The highest BCUT2D eigenvalue weighted by atomic mass is 32.1. The largest absolute Gasteiger partial charge is 0.456 e. The van der Waals surface area contributed by atoms with E-state index in [4.69, 9.17) is 4.74 Å². The van der Waals surface area contributed by atoms with E-state index in [0.29, 0.717) is 43.8 Å². The summed E-state index contributed by atoms with van der Waals surface area (Å²) >= 11 is 1.21. The first kappa shape index (κ1) is 25.5. The highest BCUT2D eigenvalue weighted by molar-refractivity contribution is 7.21. The zero-order valence-corrected chi connectivity index (χ0v) is 22.2. The van der Waals surface area contributed by atoms with Crippen LogP contribution in [0, 0.1) is 0 Å². The Kier molecular flexibility index (Phi) is 6.87. The number of amides is 4. The average molecular weight is 555 g/mol. The summed E-state index contributed by atoms with van der Waals surface area (Å²) in [6.07, 6.45) is 7.83. The number of urea groups is 1. The van der Waals surface area contributed by atoms with Crippen LogP contribution >= 0.6 is 11.3 Å². The highest BCUT2D eigenvalue weighted by Crippen LogP contribution is 2.45. The molecule has 6 rings (SSSR count). The number of benzene rings is 1. The van der Waals surface area contributed by atoms with Gasteiger partial charge < -0.3 is 20.7 Å². The number of nitrogens with one attached hydrogen (secondary N) is 3. The molecule has 1 fully saturated rings. The molecule has 4 heterocycles. The fraction of sp³-hybridized carbons (Fsp3) is 0.207. The minimum absolute atomic E-state index is 0.187. The summed E-state index contributed by atoms with van der Waals surface area (Å²) in [7, 11) is 0. The number of ether oxygens (including phenoxy) is 1. The van der Waals surface area contributed by atoms with Crippen molar-refractivity contribution in [1.29, 1.82) is 0 Å². The first-order valence-corrected chi connectivity index (χ1v) is 13.8. The van der Waals surface area contributed by atoms with E-state index in [1.165, 1.54) is 22.3 Å². The molecule has 2 atom stereocenters. The third-order valence-corrected chi connectivity index (χ3v) is 8.07. The first-order chi connectivity index (χ1) is 19.5. The summed E-state index contributed by atoms with van der Waals surface area (Å²) in [5.74, 6) is 1.03. The monoisotopic (exact) mass is 554 g/mol. The van der Waals surface area contributed by atoms with Gasteiger partial charge in [-0.25, -0.2) is 19.7 Å². The summed E-state index contributed by atoms with van der Waals surface area (Å²) in [4.78, 5) is 50.2. The fourth-order valence-electron chi connectivity index (χ4n) is 5.11. The van der Waals surface area contributed by atoms with E-state index in [-0.39, 0.29) is 23.9 Å². The topological polar surface area (TPSA) is 126 Å². The van der Waals surface area contributed by atoms with Crippen molar-refractivity contribution >= 4 is 56.6 Å². The summed E-state index contributed by atoms with van der Waals surface area (Å²) in [5.41, 5.74) is 1.01. The van der Waals surface area contributed by atoms with Gasteiger partial charge in [0.1, 0.15) is 27.0 Å². The molecule has 11 heteroatoms. The number of aromatic nitrogens is 2. The van der Waals surface area contributed by atoms with Crippen LogP contribution in [0.3, 0.4) is 0 Å². The molecular formula is C29H26N6O4S. The van der Waals surface area contributed by atoms with E-state index >= 15 is 0 Å². The van der Waals surface area contributed by atoms with Crippen molar-refractivity contribution in [1.82, 2.24) is 20.6 Å². The van der Waals surface area contributed by atoms with Crippen molar-refractivity contribution in [2.24, 2.45) is 0 Å². The maximum atomic E-state index is 13.5. The lowest BCUT2D eigenvalue weighted by molar-refractivity contribution is -0.117. The maximum Gasteiger partial charge on any atom is 0.332 e. The van der Waals surface area contributed by atoms with E-state index in [1.807, 2.05) is 30.3 Å². The van der Waals surface area contributed by atoms with Crippen molar-refractivity contribution in [3.63, 3.8) is 0 Å². The van der Waals surface area contributed by atoms with Gasteiger partial charge in [0.2, 0.25) is 5.91 Å². The maximum absolute atomic E-state index is 13.5. The van der Waals surface area contributed by atoms with Gasteiger partial charge in [-0.05, 0) is 49.2 Å². The van der Waals surface area contributed by atoms with Crippen molar-refractivity contribution in [3.8, 4) is 11.5 Å². The van der Waals surface area contributed by atoms with Crippen LogP contribution in [0.2, 0.25) is 0 Å². The molecule has 1 aromatic carbocycles. The number of pyridine rings is 2. The quantitative estimate of drug-likeness (QED) is 0.259. The molecule has 4 aromatic rings. The second kappa shape index (κ2) is 10.8. The standard InChI is InChI=1S/C29H26N6O4S/c1-2-23(36)32-19-10-6-7-11-20(19)33-27(37)26-25-24-21(14-15-30-28(24)40-26)35(29(38)34-25)22-13-12-18(16-31-22)39-17-8-4-3-5-9-17/h2-5,8-9,12-16,19-20H,1,6-7,10-11H2,(H,32,36)(H,33,37)(H,34,38)/t19?,20-/m1/s1. The highest BCUT2D eigenvalue weighted by Gasteiger charge is 2.35. The Balaban J connectivity index is 1.27. The molecule has 202 valence electrons. The van der Waals surface area contributed by atoms with Crippen molar-refractivity contribution in [2.75, 3.05) is 10.2 Å². The summed E-state index contributed by atoms with van der Waals surface area (Å²) in [5, 5.41) is 9.57. The minimum atomic E-state index is -0.439. The number of thiophene rings is 1. The van der Waals surface area contributed by atoms with Crippen LogP contribution in [-0.2, 0) is 4.79 Å². The Morgan fingerprint density at radius 1 is 1.02 bits per heavy atom. The van der Waals surface area contributed by atoms with Crippen LogP contribution in [0.5, 0.6) is 11.5 Å². The van der Waals surface area contributed by atoms with Crippen LogP contribution < -0.4 is 25.6 Å². The predicted molar refractivity (Wildman–Crippen MR) is 153 cm³/mol. The molecule has 1 aliphatic carbocycles. The molecule has 0 radical (unpaired) electrons. The second-order valence-corrected chi connectivity index (χ2v) is 10.5. The lowest BCUT2D eigenvalue weighted by Crippen LogP contribution is -2.52. The van der Waals surface area contributed by atoms with Gasteiger partial charge in [0.05, 0.1) is 23.0 Å². The third-order valence-electron chi connectivity index (χ3n) is 6.98. The number of nitrogens with zero attached hydrogens (tertiary/aromatic N) is 3. The Morgan fingerprint density at radius 2 is 1.80 bits per heavy atom. The van der Waals surface area contributed by atoms with Gasteiger partial charge in [-0.2, -0.15) is 0 Å². The Bertz CT molecular complexity index is 1600.